The van der Waals surface area contributed by atoms with Crippen molar-refractivity contribution in [1.29, 1.82) is 0 Å². The summed E-state index contributed by atoms with van der Waals surface area (Å²) in [5.74, 6) is 0.0543. The van der Waals surface area contributed by atoms with Crippen LogP contribution in [0.4, 0.5) is 0 Å². The molecular formula is C20H25ClN2O2. The van der Waals surface area contributed by atoms with Crippen molar-refractivity contribution in [1.82, 2.24) is 4.90 Å². The summed E-state index contributed by atoms with van der Waals surface area (Å²) >= 11 is 0. The molecule has 0 aromatic heterocycles. The standard InChI is InChI=1S/C20H24N2O2.ClH/c21-13-18-11-12-19(24-18)20(23)22(14-16-7-3-1-4-8-16)15-17-9-5-2-6-10-17;/h1-10,18-19H,11-15,21H2;1H/t18-,19+;/m1./s1. The van der Waals surface area contributed by atoms with Crippen LogP contribution < -0.4 is 5.73 Å². The fraction of sp³-hybridized carbons (Fsp3) is 0.350. The molecule has 1 amide bonds. The van der Waals surface area contributed by atoms with Gasteiger partial charge >= 0.3 is 0 Å². The molecule has 1 fully saturated rings. The Morgan fingerprint density at radius 3 is 1.92 bits per heavy atom. The van der Waals surface area contributed by atoms with E-state index in [1.54, 1.807) is 0 Å². The maximum Gasteiger partial charge on any atom is 0.252 e. The first kappa shape index (κ1) is 19.4. The molecule has 1 heterocycles. The van der Waals surface area contributed by atoms with Crippen molar-refractivity contribution in [3.05, 3.63) is 71.8 Å². The first-order chi connectivity index (χ1) is 11.8. The van der Waals surface area contributed by atoms with E-state index in [4.69, 9.17) is 10.5 Å². The molecule has 1 aliphatic heterocycles. The Morgan fingerprint density at radius 1 is 0.960 bits per heavy atom. The third kappa shape index (κ3) is 5.30. The van der Waals surface area contributed by atoms with Gasteiger partial charge in [0.05, 0.1) is 6.10 Å². The van der Waals surface area contributed by atoms with Crippen molar-refractivity contribution in [3.8, 4) is 0 Å². The van der Waals surface area contributed by atoms with E-state index in [1.165, 1.54) is 0 Å². The van der Waals surface area contributed by atoms with Crippen LogP contribution >= 0.6 is 12.4 Å². The monoisotopic (exact) mass is 360 g/mol. The number of amides is 1. The van der Waals surface area contributed by atoms with Gasteiger partial charge in [-0.2, -0.15) is 0 Å². The van der Waals surface area contributed by atoms with E-state index in [0.717, 1.165) is 24.0 Å². The van der Waals surface area contributed by atoms with Crippen LogP contribution in [0.15, 0.2) is 60.7 Å². The van der Waals surface area contributed by atoms with Crippen LogP contribution in [0.3, 0.4) is 0 Å². The Hall–Kier alpha value is -1.88. The summed E-state index contributed by atoms with van der Waals surface area (Å²) < 4.78 is 5.81. The van der Waals surface area contributed by atoms with Gasteiger partial charge in [0.1, 0.15) is 6.10 Å². The zero-order valence-electron chi connectivity index (χ0n) is 14.2. The van der Waals surface area contributed by atoms with Crippen LogP contribution in [0.5, 0.6) is 0 Å². The van der Waals surface area contributed by atoms with Crippen LogP contribution in [0.25, 0.3) is 0 Å². The fourth-order valence-corrected chi connectivity index (χ4v) is 3.08. The van der Waals surface area contributed by atoms with Gasteiger partial charge in [-0.15, -0.1) is 12.4 Å². The van der Waals surface area contributed by atoms with Gasteiger partial charge in [0.2, 0.25) is 0 Å². The molecule has 1 aliphatic rings. The Bertz CT molecular complexity index is 610. The molecule has 2 aromatic rings. The van der Waals surface area contributed by atoms with Gasteiger partial charge in [0, 0.05) is 19.6 Å². The average molecular weight is 361 g/mol. The summed E-state index contributed by atoms with van der Waals surface area (Å²) in [7, 11) is 0. The Morgan fingerprint density at radius 2 is 1.48 bits per heavy atom. The molecule has 0 saturated carbocycles. The number of ether oxygens (including phenoxy) is 1. The Kier molecular flexibility index (Phi) is 7.44. The molecule has 5 heteroatoms. The third-order valence-electron chi connectivity index (χ3n) is 4.39. The van der Waals surface area contributed by atoms with Crippen molar-refractivity contribution in [2.24, 2.45) is 5.73 Å². The molecule has 0 radical (unpaired) electrons. The Labute approximate surface area is 155 Å². The molecule has 4 nitrogen and oxygen atoms in total. The van der Waals surface area contributed by atoms with E-state index in [-0.39, 0.29) is 30.5 Å². The van der Waals surface area contributed by atoms with Crippen molar-refractivity contribution in [3.63, 3.8) is 0 Å². The average Bonchev–Trinajstić information content (AvgIpc) is 3.11. The summed E-state index contributed by atoms with van der Waals surface area (Å²) in [4.78, 5) is 14.9. The zero-order chi connectivity index (χ0) is 16.8. The van der Waals surface area contributed by atoms with Gasteiger partial charge in [-0.1, -0.05) is 60.7 Å². The molecule has 25 heavy (non-hydrogen) atoms. The third-order valence-corrected chi connectivity index (χ3v) is 4.39. The predicted molar refractivity (Wildman–Crippen MR) is 101 cm³/mol. The van der Waals surface area contributed by atoms with Crippen LogP contribution in [0, 0.1) is 0 Å². The molecule has 2 N–H and O–H groups in total. The lowest BCUT2D eigenvalue weighted by atomic mass is 10.1. The molecule has 0 bridgehead atoms. The molecule has 2 atom stereocenters. The highest BCUT2D eigenvalue weighted by atomic mass is 35.5. The van der Waals surface area contributed by atoms with E-state index in [2.05, 4.69) is 0 Å². The second-order valence-electron chi connectivity index (χ2n) is 6.23. The minimum atomic E-state index is -0.369. The normalized spacial score (nSPS) is 19.2. The largest absolute Gasteiger partial charge is 0.364 e. The first-order valence-electron chi connectivity index (χ1n) is 8.48. The predicted octanol–water partition coefficient (Wildman–Crippen LogP) is 3.14. The molecule has 3 rings (SSSR count). The van der Waals surface area contributed by atoms with E-state index < -0.39 is 0 Å². The zero-order valence-corrected chi connectivity index (χ0v) is 15.0. The van der Waals surface area contributed by atoms with Crippen molar-refractivity contribution in [2.75, 3.05) is 6.54 Å². The minimum absolute atomic E-state index is 0. The first-order valence-corrected chi connectivity index (χ1v) is 8.48. The number of rotatable bonds is 6. The second kappa shape index (κ2) is 9.56. The molecule has 0 spiro atoms. The van der Waals surface area contributed by atoms with Gasteiger partial charge in [0.25, 0.3) is 5.91 Å². The van der Waals surface area contributed by atoms with Gasteiger partial charge in [0.15, 0.2) is 0 Å². The highest BCUT2D eigenvalue weighted by molar-refractivity contribution is 5.85. The van der Waals surface area contributed by atoms with Crippen LogP contribution in [0.2, 0.25) is 0 Å². The summed E-state index contributed by atoms with van der Waals surface area (Å²) in [6.45, 7) is 1.64. The smallest absolute Gasteiger partial charge is 0.252 e. The maximum absolute atomic E-state index is 13.0. The quantitative estimate of drug-likeness (QED) is 0.861. The lowest BCUT2D eigenvalue weighted by Crippen LogP contribution is -2.39. The van der Waals surface area contributed by atoms with E-state index in [9.17, 15) is 4.79 Å². The minimum Gasteiger partial charge on any atom is -0.364 e. The van der Waals surface area contributed by atoms with Crippen LogP contribution in [0.1, 0.15) is 24.0 Å². The summed E-state index contributed by atoms with van der Waals surface area (Å²) in [5, 5.41) is 0. The van der Waals surface area contributed by atoms with Crippen molar-refractivity contribution >= 4 is 18.3 Å². The van der Waals surface area contributed by atoms with Gasteiger partial charge in [-0.05, 0) is 24.0 Å². The van der Waals surface area contributed by atoms with E-state index in [1.807, 2.05) is 65.6 Å². The van der Waals surface area contributed by atoms with Crippen molar-refractivity contribution < 1.29 is 9.53 Å². The van der Waals surface area contributed by atoms with Gasteiger partial charge in [-0.3, -0.25) is 4.79 Å². The van der Waals surface area contributed by atoms with Crippen molar-refractivity contribution in [2.45, 2.75) is 38.1 Å². The molecule has 2 aromatic carbocycles. The SMILES string of the molecule is Cl.NC[C@H]1CC[C@@H](C(=O)N(Cc2ccccc2)Cc2ccccc2)O1. The Balaban J connectivity index is 0.00000225. The number of carbonyl (C=O) groups is 1. The van der Waals surface area contributed by atoms with Crippen LogP contribution in [-0.4, -0.2) is 29.6 Å². The summed E-state index contributed by atoms with van der Waals surface area (Å²) in [6, 6.07) is 20.1. The lowest BCUT2D eigenvalue weighted by molar-refractivity contribution is -0.144. The fourth-order valence-electron chi connectivity index (χ4n) is 3.08. The number of nitrogens with zero attached hydrogens (tertiary/aromatic N) is 1. The number of nitrogens with two attached hydrogens (primary N) is 1. The number of carbonyl (C=O) groups excluding carboxylic acids is 1. The molecule has 0 aliphatic carbocycles. The number of halogens is 1. The summed E-state index contributed by atoms with van der Waals surface area (Å²) in [5.41, 5.74) is 7.91. The van der Waals surface area contributed by atoms with Gasteiger partial charge in [-0.25, -0.2) is 0 Å². The highest BCUT2D eigenvalue weighted by Gasteiger charge is 2.32. The second-order valence-corrected chi connectivity index (χ2v) is 6.23. The molecule has 1 saturated heterocycles. The van der Waals surface area contributed by atoms with Gasteiger partial charge < -0.3 is 15.4 Å². The summed E-state index contributed by atoms with van der Waals surface area (Å²) in [6.07, 6.45) is 1.25. The van der Waals surface area contributed by atoms with E-state index in [0.29, 0.717) is 19.6 Å². The molecule has 0 unspecified atom stereocenters. The van der Waals surface area contributed by atoms with Crippen LogP contribution in [-0.2, 0) is 22.6 Å². The number of hydrogen-bond acceptors (Lipinski definition) is 3. The number of benzene rings is 2. The number of hydrogen-bond donors (Lipinski definition) is 1. The molecular weight excluding hydrogens is 336 g/mol. The van der Waals surface area contributed by atoms with E-state index >= 15 is 0 Å². The molecule has 134 valence electrons. The maximum atomic E-state index is 13.0. The topological polar surface area (TPSA) is 55.6 Å². The lowest BCUT2D eigenvalue weighted by Gasteiger charge is -2.26. The highest BCUT2D eigenvalue weighted by Crippen LogP contribution is 2.22.